The van der Waals surface area contributed by atoms with E-state index in [2.05, 4.69) is 27.0 Å². The van der Waals surface area contributed by atoms with Crippen LogP contribution in [0.25, 0.3) is 0 Å². The quantitative estimate of drug-likeness (QED) is 0.844. The second-order valence-corrected chi connectivity index (χ2v) is 7.71. The van der Waals surface area contributed by atoms with Gasteiger partial charge in [-0.05, 0) is 37.0 Å². The highest BCUT2D eigenvalue weighted by molar-refractivity contribution is 5.76. The number of aromatic nitrogens is 3. The fourth-order valence-corrected chi connectivity index (χ4v) is 3.70. The van der Waals surface area contributed by atoms with Crippen molar-refractivity contribution in [3.8, 4) is 6.07 Å². The SMILES string of the molecule is Cn1cc(CN2CCCn3nc(CCC(=O)NC4CC4)cc3C2)cc1C#N. The van der Waals surface area contributed by atoms with E-state index in [1.54, 1.807) is 0 Å². The summed E-state index contributed by atoms with van der Waals surface area (Å²) in [5.74, 6) is 0.139. The summed E-state index contributed by atoms with van der Waals surface area (Å²) in [6.07, 6.45) is 6.54. The molecule has 2 aromatic rings. The highest BCUT2D eigenvalue weighted by Crippen LogP contribution is 2.20. The van der Waals surface area contributed by atoms with Gasteiger partial charge in [0.05, 0.1) is 11.4 Å². The summed E-state index contributed by atoms with van der Waals surface area (Å²) in [5, 5.41) is 16.9. The van der Waals surface area contributed by atoms with Crippen LogP contribution in [-0.2, 0) is 37.9 Å². The molecule has 3 heterocycles. The summed E-state index contributed by atoms with van der Waals surface area (Å²) in [6.45, 7) is 3.61. The Bertz CT molecular complexity index is 870. The van der Waals surface area contributed by atoms with Gasteiger partial charge in [-0.25, -0.2) is 0 Å². The molecule has 0 saturated heterocycles. The number of nitriles is 1. The lowest BCUT2D eigenvalue weighted by atomic mass is 10.2. The minimum absolute atomic E-state index is 0.139. The van der Waals surface area contributed by atoms with Crippen molar-refractivity contribution in [3.05, 3.63) is 41.0 Å². The van der Waals surface area contributed by atoms with Crippen LogP contribution < -0.4 is 5.32 Å². The smallest absolute Gasteiger partial charge is 0.220 e. The molecular formula is C20H26N6O. The van der Waals surface area contributed by atoms with E-state index >= 15 is 0 Å². The zero-order valence-corrected chi connectivity index (χ0v) is 15.8. The van der Waals surface area contributed by atoms with Crippen LogP contribution in [0.4, 0.5) is 0 Å². The maximum absolute atomic E-state index is 11.9. The number of aryl methyl sites for hydroxylation is 3. The van der Waals surface area contributed by atoms with Gasteiger partial charge in [-0.15, -0.1) is 0 Å². The first-order valence-corrected chi connectivity index (χ1v) is 9.73. The third-order valence-corrected chi connectivity index (χ3v) is 5.28. The molecule has 2 aliphatic rings. The number of hydrogen-bond donors (Lipinski definition) is 1. The van der Waals surface area contributed by atoms with Crippen LogP contribution in [0.3, 0.4) is 0 Å². The summed E-state index contributed by atoms with van der Waals surface area (Å²) in [5.41, 5.74) is 4.07. The fourth-order valence-electron chi connectivity index (χ4n) is 3.70. The first-order valence-electron chi connectivity index (χ1n) is 9.73. The maximum atomic E-state index is 11.9. The number of carbonyl (C=O) groups excluding carboxylic acids is 1. The molecule has 0 aromatic carbocycles. The van der Waals surface area contributed by atoms with Crippen molar-refractivity contribution in [2.45, 2.75) is 57.8 Å². The van der Waals surface area contributed by atoms with Gasteiger partial charge < -0.3 is 9.88 Å². The van der Waals surface area contributed by atoms with Gasteiger partial charge in [0.25, 0.3) is 0 Å². The van der Waals surface area contributed by atoms with Crippen molar-refractivity contribution in [3.63, 3.8) is 0 Å². The Morgan fingerprint density at radius 1 is 1.37 bits per heavy atom. The molecule has 1 aliphatic heterocycles. The Morgan fingerprint density at radius 2 is 2.22 bits per heavy atom. The Kier molecular flexibility index (Phi) is 4.99. The van der Waals surface area contributed by atoms with E-state index in [0.29, 0.717) is 24.6 Å². The number of rotatable bonds is 6. The lowest BCUT2D eigenvalue weighted by molar-refractivity contribution is -0.121. The molecule has 1 amide bonds. The summed E-state index contributed by atoms with van der Waals surface area (Å²) in [4.78, 5) is 14.3. The van der Waals surface area contributed by atoms with E-state index in [1.165, 1.54) is 11.3 Å². The van der Waals surface area contributed by atoms with E-state index < -0.39 is 0 Å². The number of hydrogen-bond acceptors (Lipinski definition) is 4. The number of carbonyl (C=O) groups is 1. The molecule has 0 unspecified atom stereocenters. The van der Waals surface area contributed by atoms with Gasteiger partial charge in [-0.1, -0.05) is 0 Å². The second-order valence-electron chi connectivity index (χ2n) is 7.71. The molecule has 0 spiro atoms. The molecular weight excluding hydrogens is 340 g/mol. The highest BCUT2D eigenvalue weighted by Gasteiger charge is 2.23. The average Bonchev–Trinajstić information content (AvgIpc) is 3.31. The van der Waals surface area contributed by atoms with Crippen molar-refractivity contribution in [2.75, 3.05) is 6.54 Å². The van der Waals surface area contributed by atoms with Gasteiger partial charge in [-0.3, -0.25) is 14.4 Å². The first-order chi connectivity index (χ1) is 13.1. The third-order valence-electron chi connectivity index (χ3n) is 5.28. The summed E-state index contributed by atoms with van der Waals surface area (Å²) in [6, 6.07) is 6.75. The van der Waals surface area contributed by atoms with Crippen LogP contribution in [0.2, 0.25) is 0 Å². The molecule has 2 aromatic heterocycles. The van der Waals surface area contributed by atoms with Crippen LogP contribution >= 0.6 is 0 Å². The highest BCUT2D eigenvalue weighted by atomic mass is 16.1. The van der Waals surface area contributed by atoms with Crippen molar-refractivity contribution in [1.29, 1.82) is 5.26 Å². The standard InChI is InChI=1S/C20H26N6O/c1-24-12-15(9-18(24)11-21)13-25-7-2-8-26-19(14-25)10-17(23-26)5-6-20(27)22-16-3-4-16/h9-10,12,16H,2-8,13-14H2,1H3,(H,22,27). The Hall–Kier alpha value is -2.59. The molecule has 1 saturated carbocycles. The lowest BCUT2D eigenvalue weighted by Crippen LogP contribution is -2.25. The van der Waals surface area contributed by atoms with Gasteiger partial charge in [0.2, 0.25) is 5.91 Å². The second kappa shape index (κ2) is 7.57. The Labute approximate surface area is 159 Å². The number of fused-ring (bicyclic) bond motifs is 1. The molecule has 0 bridgehead atoms. The summed E-state index contributed by atoms with van der Waals surface area (Å²) >= 11 is 0. The van der Waals surface area contributed by atoms with Gasteiger partial charge >= 0.3 is 0 Å². The van der Waals surface area contributed by atoms with Crippen LogP contribution in [-0.4, -0.2) is 37.7 Å². The van der Waals surface area contributed by atoms with Gasteiger partial charge in [0.1, 0.15) is 11.8 Å². The zero-order valence-electron chi connectivity index (χ0n) is 15.8. The summed E-state index contributed by atoms with van der Waals surface area (Å²) in [7, 11) is 1.91. The molecule has 27 heavy (non-hydrogen) atoms. The van der Waals surface area contributed by atoms with Crippen LogP contribution in [0.1, 0.15) is 48.3 Å². The molecule has 7 heteroatoms. The summed E-state index contributed by atoms with van der Waals surface area (Å²) < 4.78 is 3.97. The molecule has 0 radical (unpaired) electrons. The lowest BCUT2D eigenvalue weighted by Gasteiger charge is -2.18. The molecule has 1 N–H and O–H groups in total. The molecule has 0 atom stereocenters. The van der Waals surface area contributed by atoms with Crippen molar-refractivity contribution in [2.24, 2.45) is 7.05 Å². The van der Waals surface area contributed by atoms with Crippen molar-refractivity contribution in [1.82, 2.24) is 24.6 Å². The van der Waals surface area contributed by atoms with Crippen molar-refractivity contribution >= 4 is 5.91 Å². The number of nitrogens with zero attached hydrogens (tertiary/aromatic N) is 5. The number of nitrogens with one attached hydrogen (secondary N) is 1. The topological polar surface area (TPSA) is 78.9 Å². The normalized spacial score (nSPS) is 17.2. The minimum atomic E-state index is 0.139. The monoisotopic (exact) mass is 366 g/mol. The first kappa shape index (κ1) is 17.8. The largest absolute Gasteiger partial charge is 0.353 e. The minimum Gasteiger partial charge on any atom is -0.353 e. The predicted octanol–water partition coefficient (Wildman–Crippen LogP) is 1.71. The van der Waals surface area contributed by atoms with Crippen molar-refractivity contribution < 1.29 is 4.79 Å². The maximum Gasteiger partial charge on any atom is 0.220 e. The van der Waals surface area contributed by atoms with E-state index in [-0.39, 0.29) is 5.91 Å². The van der Waals surface area contributed by atoms with Gasteiger partial charge in [0.15, 0.2) is 0 Å². The Morgan fingerprint density at radius 3 is 2.96 bits per heavy atom. The van der Waals surface area contributed by atoms with E-state index in [0.717, 1.165) is 51.1 Å². The van der Waals surface area contributed by atoms with Crippen LogP contribution in [0, 0.1) is 11.3 Å². The molecule has 142 valence electrons. The molecule has 1 aliphatic carbocycles. The van der Waals surface area contributed by atoms with Gasteiger partial charge in [-0.2, -0.15) is 10.4 Å². The molecule has 7 nitrogen and oxygen atoms in total. The van der Waals surface area contributed by atoms with Crippen LogP contribution in [0.15, 0.2) is 18.3 Å². The van der Waals surface area contributed by atoms with Crippen LogP contribution in [0.5, 0.6) is 0 Å². The fraction of sp³-hybridized carbons (Fsp3) is 0.550. The Balaban J connectivity index is 1.37. The van der Waals surface area contributed by atoms with E-state index in [4.69, 9.17) is 10.4 Å². The average molecular weight is 366 g/mol. The zero-order chi connectivity index (χ0) is 18.8. The van der Waals surface area contributed by atoms with Gasteiger partial charge in [0, 0.05) is 58.3 Å². The number of amides is 1. The van der Waals surface area contributed by atoms with E-state index in [9.17, 15) is 4.79 Å². The molecule has 1 fully saturated rings. The predicted molar refractivity (Wildman–Crippen MR) is 101 cm³/mol. The third kappa shape index (κ3) is 4.40. The molecule has 4 rings (SSSR count). The van der Waals surface area contributed by atoms with E-state index in [1.807, 2.05) is 23.9 Å².